The van der Waals surface area contributed by atoms with Gasteiger partial charge in [-0.05, 0) is 24.6 Å². The summed E-state index contributed by atoms with van der Waals surface area (Å²) >= 11 is 0. The Morgan fingerprint density at radius 3 is 3.00 bits per heavy atom. The number of methoxy groups -OCH3 is 1. The Morgan fingerprint density at radius 2 is 2.37 bits per heavy atom. The Bertz CT molecular complexity index is 508. The van der Waals surface area contributed by atoms with Crippen LogP contribution in [0.3, 0.4) is 0 Å². The van der Waals surface area contributed by atoms with E-state index in [0.29, 0.717) is 24.5 Å². The number of aromatic nitrogens is 3. The summed E-state index contributed by atoms with van der Waals surface area (Å²) < 4.78 is 6.55. The largest absolute Gasteiger partial charge is 0.385 e. The van der Waals surface area contributed by atoms with E-state index in [4.69, 9.17) is 4.74 Å². The van der Waals surface area contributed by atoms with Crippen molar-refractivity contribution in [3.8, 4) is 5.82 Å². The summed E-state index contributed by atoms with van der Waals surface area (Å²) in [4.78, 5) is 16.0. The molecule has 0 aliphatic carbocycles. The third kappa shape index (κ3) is 3.62. The molecule has 2 heterocycles. The summed E-state index contributed by atoms with van der Waals surface area (Å²) in [6.45, 7) is 1.23. The van der Waals surface area contributed by atoms with Gasteiger partial charge in [0.15, 0.2) is 5.82 Å². The predicted octanol–water partition coefficient (Wildman–Crippen LogP) is 1.03. The second kappa shape index (κ2) is 6.65. The molecule has 0 spiro atoms. The number of carbonyl (C=O) groups excluding carboxylic acids is 1. The van der Waals surface area contributed by atoms with Crippen molar-refractivity contribution < 1.29 is 9.53 Å². The zero-order chi connectivity index (χ0) is 13.5. The number of hydrogen-bond donors (Lipinski definition) is 1. The third-order valence-electron chi connectivity index (χ3n) is 2.56. The van der Waals surface area contributed by atoms with Crippen LogP contribution >= 0.6 is 0 Å². The summed E-state index contributed by atoms with van der Waals surface area (Å²) in [6, 6.07) is 5.31. The number of nitrogens with one attached hydrogen (secondary N) is 1. The maximum absolute atomic E-state index is 11.8. The highest BCUT2D eigenvalue weighted by Gasteiger charge is 2.06. The van der Waals surface area contributed by atoms with E-state index in [-0.39, 0.29) is 5.91 Å². The molecule has 0 unspecified atom stereocenters. The molecule has 1 N–H and O–H groups in total. The first-order valence-corrected chi connectivity index (χ1v) is 6.04. The van der Waals surface area contributed by atoms with E-state index in [0.717, 1.165) is 6.42 Å². The first-order chi connectivity index (χ1) is 9.31. The standard InChI is InChI=1S/C13H16N4O2/c1-19-9-3-6-14-13(18)11-4-5-12(15-10-11)17-8-2-7-16-17/h2,4-5,7-8,10H,3,6,9H2,1H3,(H,14,18). The van der Waals surface area contributed by atoms with Gasteiger partial charge in [0.2, 0.25) is 0 Å². The first-order valence-electron chi connectivity index (χ1n) is 6.04. The lowest BCUT2D eigenvalue weighted by atomic mass is 10.2. The zero-order valence-corrected chi connectivity index (χ0v) is 10.7. The van der Waals surface area contributed by atoms with Gasteiger partial charge in [-0.25, -0.2) is 9.67 Å². The molecule has 19 heavy (non-hydrogen) atoms. The molecule has 2 aromatic heterocycles. The van der Waals surface area contributed by atoms with Crippen LogP contribution in [0.2, 0.25) is 0 Å². The summed E-state index contributed by atoms with van der Waals surface area (Å²) in [5.74, 6) is 0.552. The number of carbonyl (C=O) groups is 1. The predicted molar refractivity (Wildman–Crippen MR) is 70.2 cm³/mol. The number of pyridine rings is 1. The Morgan fingerprint density at radius 1 is 1.47 bits per heavy atom. The highest BCUT2D eigenvalue weighted by Crippen LogP contribution is 2.04. The number of rotatable bonds is 6. The maximum Gasteiger partial charge on any atom is 0.252 e. The highest BCUT2D eigenvalue weighted by molar-refractivity contribution is 5.93. The van der Waals surface area contributed by atoms with Crippen LogP contribution in [-0.4, -0.2) is 40.9 Å². The van der Waals surface area contributed by atoms with Crippen LogP contribution in [0.1, 0.15) is 16.8 Å². The summed E-state index contributed by atoms with van der Waals surface area (Å²) in [7, 11) is 1.64. The van der Waals surface area contributed by atoms with E-state index in [1.807, 2.05) is 6.07 Å². The Hall–Kier alpha value is -2.21. The molecule has 2 aromatic rings. The van der Waals surface area contributed by atoms with Crippen LogP contribution in [0.25, 0.3) is 5.82 Å². The number of hydrogen-bond acceptors (Lipinski definition) is 4. The van der Waals surface area contributed by atoms with Gasteiger partial charge in [0.05, 0.1) is 5.56 Å². The van der Waals surface area contributed by atoms with Gasteiger partial charge >= 0.3 is 0 Å². The average molecular weight is 260 g/mol. The molecule has 0 saturated heterocycles. The molecule has 6 nitrogen and oxygen atoms in total. The van der Waals surface area contributed by atoms with Crippen molar-refractivity contribution in [1.82, 2.24) is 20.1 Å². The van der Waals surface area contributed by atoms with E-state index in [2.05, 4.69) is 15.4 Å². The summed E-state index contributed by atoms with van der Waals surface area (Å²) in [6.07, 6.45) is 5.81. The third-order valence-corrected chi connectivity index (χ3v) is 2.56. The van der Waals surface area contributed by atoms with E-state index in [1.54, 1.807) is 42.5 Å². The highest BCUT2D eigenvalue weighted by atomic mass is 16.5. The molecule has 2 rings (SSSR count). The van der Waals surface area contributed by atoms with Crippen LogP contribution in [0.4, 0.5) is 0 Å². The van der Waals surface area contributed by atoms with Gasteiger partial charge in [0.25, 0.3) is 5.91 Å². The van der Waals surface area contributed by atoms with Crippen LogP contribution in [0.5, 0.6) is 0 Å². The molecule has 0 saturated carbocycles. The second-order valence-electron chi connectivity index (χ2n) is 3.96. The molecule has 100 valence electrons. The van der Waals surface area contributed by atoms with Gasteiger partial charge in [-0.1, -0.05) is 0 Å². The van der Waals surface area contributed by atoms with Crippen molar-refractivity contribution >= 4 is 5.91 Å². The Balaban J connectivity index is 1.93. The lowest BCUT2D eigenvalue weighted by Gasteiger charge is -2.05. The van der Waals surface area contributed by atoms with Crippen LogP contribution < -0.4 is 5.32 Å². The van der Waals surface area contributed by atoms with Crippen molar-refractivity contribution in [2.45, 2.75) is 6.42 Å². The van der Waals surface area contributed by atoms with E-state index >= 15 is 0 Å². The Kier molecular flexibility index (Phi) is 4.63. The Labute approximate surface area is 111 Å². The van der Waals surface area contributed by atoms with Gasteiger partial charge in [-0.15, -0.1) is 0 Å². The topological polar surface area (TPSA) is 69.0 Å². The van der Waals surface area contributed by atoms with Crippen LogP contribution in [-0.2, 0) is 4.74 Å². The second-order valence-corrected chi connectivity index (χ2v) is 3.96. The number of amides is 1. The fraction of sp³-hybridized carbons (Fsp3) is 0.308. The quantitative estimate of drug-likeness (QED) is 0.788. The number of nitrogens with zero attached hydrogens (tertiary/aromatic N) is 3. The molecule has 0 fully saturated rings. The smallest absolute Gasteiger partial charge is 0.252 e. The fourth-order valence-corrected chi connectivity index (χ4v) is 1.58. The van der Waals surface area contributed by atoms with Crippen molar-refractivity contribution in [3.05, 3.63) is 42.4 Å². The minimum absolute atomic E-state index is 0.129. The van der Waals surface area contributed by atoms with E-state index < -0.39 is 0 Å². The van der Waals surface area contributed by atoms with Gasteiger partial charge in [0, 0.05) is 38.9 Å². The summed E-state index contributed by atoms with van der Waals surface area (Å²) in [5.41, 5.74) is 0.535. The molecular formula is C13H16N4O2. The van der Waals surface area contributed by atoms with Gasteiger partial charge in [-0.3, -0.25) is 4.79 Å². The maximum atomic E-state index is 11.8. The molecule has 0 radical (unpaired) electrons. The molecule has 0 aliphatic rings. The minimum Gasteiger partial charge on any atom is -0.385 e. The van der Waals surface area contributed by atoms with Crippen molar-refractivity contribution in [3.63, 3.8) is 0 Å². The van der Waals surface area contributed by atoms with Crippen LogP contribution in [0.15, 0.2) is 36.8 Å². The van der Waals surface area contributed by atoms with E-state index in [9.17, 15) is 4.79 Å². The number of ether oxygens (including phenoxy) is 1. The van der Waals surface area contributed by atoms with Gasteiger partial charge in [-0.2, -0.15) is 5.10 Å². The lowest BCUT2D eigenvalue weighted by Crippen LogP contribution is -2.25. The minimum atomic E-state index is -0.129. The SMILES string of the molecule is COCCCNC(=O)c1ccc(-n2cccn2)nc1. The average Bonchev–Trinajstić information content (AvgIpc) is 2.98. The molecule has 1 amide bonds. The van der Waals surface area contributed by atoms with Gasteiger partial charge in [0.1, 0.15) is 0 Å². The van der Waals surface area contributed by atoms with E-state index in [1.165, 1.54) is 0 Å². The lowest BCUT2D eigenvalue weighted by molar-refractivity contribution is 0.0948. The normalized spacial score (nSPS) is 10.4. The molecular weight excluding hydrogens is 244 g/mol. The van der Waals surface area contributed by atoms with Crippen molar-refractivity contribution in [2.24, 2.45) is 0 Å². The zero-order valence-electron chi connectivity index (χ0n) is 10.7. The van der Waals surface area contributed by atoms with Crippen molar-refractivity contribution in [2.75, 3.05) is 20.3 Å². The van der Waals surface area contributed by atoms with Gasteiger partial charge < -0.3 is 10.1 Å². The first kappa shape index (κ1) is 13.2. The summed E-state index contributed by atoms with van der Waals surface area (Å²) in [5, 5.41) is 6.88. The van der Waals surface area contributed by atoms with Crippen molar-refractivity contribution in [1.29, 1.82) is 0 Å². The fourth-order valence-electron chi connectivity index (χ4n) is 1.58. The monoisotopic (exact) mass is 260 g/mol. The molecule has 0 aliphatic heterocycles. The molecule has 6 heteroatoms. The molecule has 0 bridgehead atoms. The molecule has 0 aromatic carbocycles. The molecule has 0 atom stereocenters. The van der Waals surface area contributed by atoms with Crippen LogP contribution in [0, 0.1) is 0 Å².